The smallest absolute Gasteiger partial charge is 0.330 e. The van der Waals surface area contributed by atoms with E-state index in [2.05, 4.69) is 20.8 Å². The Morgan fingerprint density at radius 2 is 1.36 bits per heavy atom. The second-order valence-electron chi connectivity index (χ2n) is 3.21. The van der Waals surface area contributed by atoms with Crippen LogP contribution >= 0.6 is 0 Å². The topological polar surface area (TPSA) is 101 Å². The van der Waals surface area contributed by atoms with Gasteiger partial charge in [-0.05, 0) is 12.0 Å². The van der Waals surface area contributed by atoms with Crippen molar-refractivity contribution in [2.24, 2.45) is 11.1 Å². The van der Waals surface area contributed by atoms with Gasteiger partial charge in [0.25, 0.3) is 0 Å². The van der Waals surface area contributed by atoms with Crippen molar-refractivity contribution in [2.45, 2.75) is 20.8 Å². The number of hydrogen-bond donors (Lipinski definition) is 3. The highest BCUT2D eigenvalue weighted by Gasteiger charge is 2.03. The minimum absolute atomic E-state index is 0.319. The van der Waals surface area contributed by atoms with E-state index in [4.69, 9.17) is 23.3 Å². The summed E-state index contributed by atoms with van der Waals surface area (Å²) in [7, 11) is -4.67. The molecule has 5 nitrogen and oxygen atoms in total. The molecular weight excluding hydrogens is 170 g/mol. The third-order valence-electron chi connectivity index (χ3n) is 0.612. The summed E-state index contributed by atoms with van der Waals surface area (Å²) in [4.78, 5) is 0. The van der Waals surface area contributed by atoms with Crippen LogP contribution in [0.5, 0.6) is 0 Å². The highest BCUT2D eigenvalue weighted by atomic mass is 32.3. The summed E-state index contributed by atoms with van der Waals surface area (Å²) in [6.07, 6.45) is 0. The van der Waals surface area contributed by atoms with Crippen LogP contribution in [0.25, 0.3) is 0 Å². The minimum Gasteiger partial charge on any atom is -0.330 e. The van der Waals surface area contributed by atoms with E-state index in [1.165, 1.54) is 0 Å². The molecule has 0 heterocycles. The van der Waals surface area contributed by atoms with Gasteiger partial charge in [0.15, 0.2) is 0 Å². The monoisotopic (exact) mass is 185 g/mol. The molecule has 0 radical (unpaired) electrons. The SMILES string of the molecule is CC(C)(C)CN.O=S(=O)(O)O. The van der Waals surface area contributed by atoms with Crippen LogP contribution in [0.1, 0.15) is 20.8 Å². The van der Waals surface area contributed by atoms with Crippen LogP contribution in [0.4, 0.5) is 0 Å². The van der Waals surface area contributed by atoms with E-state index >= 15 is 0 Å². The fourth-order valence-corrected chi connectivity index (χ4v) is 0. The van der Waals surface area contributed by atoms with E-state index in [9.17, 15) is 0 Å². The summed E-state index contributed by atoms with van der Waals surface area (Å²) in [5.74, 6) is 0. The first-order valence-electron chi connectivity index (χ1n) is 2.96. The van der Waals surface area contributed by atoms with Crippen LogP contribution in [0, 0.1) is 5.41 Å². The fourth-order valence-electron chi connectivity index (χ4n) is 0. The van der Waals surface area contributed by atoms with Gasteiger partial charge in [0.1, 0.15) is 0 Å². The number of rotatable bonds is 0. The molecule has 0 aromatic rings. The van der Waals surface area contributed by atoms with Crippen molar-refractivity contribution in [1.29, 1.82) is 0 Å². The Morgan fingerprint density at radius 3 is 1.36 bits per heavy atom. The van der Waals surface area contributed by atoms with Crippen molar-refractivity contribution in [2.75, 3.05) is 6.54 Å². The van der Waals surface area contributed by atoms with E-state index in [0.29, 0.717) is 5.41 Å². The maximum Gasteiger partial charge on any atom is 0.394 e. The second-order valence-corrected chi connectivity index (χ2v) is 4.11. The van der Waals surface area contributed by atoms with Gasteiger partial charge in [-0.1, -0.05) is 20.8 Å². The summed E-state index contributed by atoms with van der Waals surface area (Å²) in [6, 6.07) is 0. The van der Waals surface area contributed by atoms with Gasteiger partial charge in [-0.25, -0.2) is 0 Å². The van der Waals surface area contributed by atoms with Gasteiger partial charge in [0.05, 0.1) is 0 Å². The summed E-state index contributed by atoms with van der Waals surface area (Å²) >= 11 is 0. The van der Waals surface area contributed by atoms with E-state index in [1.807, 2.05) is 0 Å². The van der Waals surface area contributed by atoms with Crippen molar-refractivity contribution < 1.29 is 17.5 Å². The zero-order valence-corrected chi connectivity index (χ0v) is 7.72. The summed E-state index contributed by atoms with van der Waals surface area (Å²) < 4.78 is 31.6. The van der Waals surface area contributed by atoms with Gasteiger partial charge in [-0.2, -0.15) is 8.42 Å². The first-order chi connectivity index (χ1) is 4.56. The molecule has 0 unspecified atom stereocenters. The first kappa shape index (κ1) is 13.4. The average Bonchev–Trinajstić information content (AvgIpc) is 1.59. The van der Waals surface area contributed by atoms with Crippen LogP contribution in [-0.4, -0.2) is 24.1 Å². The lowest BCUT2D eigenvalue weighted by Gasteiger charge is -2.12. The molecule has 4 N–H and O–H groups in total. The van der Waals surface area contributed by atoms with E-state index < -0.39 is 10.4 Å². The molecule has 0 aliphatic rings. The Morgan fingerprint density at radius 1 is 1.27 bits per heavy atom. The molecule has 0 bridgehead atoms. The molecule has 6 heteroatoms. The molecule has 11 heavy (non-hydrogen) atoms. The zero-order chi connectivity index (χ0) is 9.71. The predicted octanol–water partition coefficient (Wildman–Crippen LogP) is 0.338. The van der Waals surface area contributed by atoms with Crippen molar-refractivity contribution in [1.82, 2.24) is 0 Å². The second kappa shape index (κ2) is 4.66. The van der Waals surface area contributed by atoms with E-state index in [-0.39, 0.29) is 0 Å². The van der Waals surface area contributed by atoms with Gasteiger partial charge < -0.3 is 5.73 Å². The van der Waals surface area contributed by atoms with Crippen LogP contribution in [0.2, 0.25) is 0 Å². The van der Waals surface area contributed by atoms with Gasteiger partial charge in [0, 0.05) is 0 Å². The van der Waals surface area contributed by atoms with E-state index in [0.717, 1.165) is 6.54 Å². The lowest BCUT2D eigenvalue weighted by Crippen LogP contribution is -2.18. The summed E-state index contributed by atoms with van der Waals surface area (Å²) in [5, 5.41) is 0. The largest absolute Gasteiger partial charge is 0.394 e. The van der Waals surface area contributed by atoms with Crippen LogP contribution in [0.3, 0.4) is 0 Å². The minimum atomic E-state index is -4.67. The van der Waals surface area contributed by atoms with Crippen LogP contribution in [-0.2, 0) is 10.4 Å². The van der Waals surface area contributed by atoms with E-state index in [1.54, 1.807) is 0 Å². The Labute approximate surface area is 67.2 Å². The standard InChI is InChI=1S/C5H13N.H2O4S/c1-5(2,3)4-6;1-5(2,3)4/h4,6H2,1-3H3;(H2,1,2,3,4). The first-order valence-corrected chi connectivity index (χ1v) is 4.36. The van der Waals surface area contributed by atoms with Gasteiger partial charge >= 0.3 is 10.4 Å². The molecule has 70 valence electrons. The molecule has 0 fully saturated rings. The highest BCUT2D eigenvalue weighted by Crippen LogP contribution is 2.07. The molecule has 0 spiro atoms. The molecule has 0 aliphatic carbocycles. The third kappa shape index (κ3) is 75.2. The number of nitrogens with two attached hydrogens (primary N) is 1. The molecule has 0 atom stereocenters. The molecule has 0 amide bonds. The summed E-state index contributed by atoms with van der Waals surface area (Å²) in [6.45, 7) is 7.12. The lowest BCUT2D eigenvalue weighted by molar-refractivity contribution is 0.381. The Kier molecular flexibility index (Phi) is 5.68. The molecule has 0 rings (SSSR count). The molecule has 0 aromatic heterocycles. The lowest BCUT2D eigenvalue weighted by atomic mass is 9.98. The average molecular weight is 185 g/mol. The fraction of sp³-hybridized carbons (Fsp3) is 1.00. The molecule has 0 saturated heterocycles. The van der Waals surface area contributed by atoms with Crippen molar-refractivity contribution >= 4 is 10.4 Å². The van der Waals surface area contributed by atoms with Crippen LogP contribution in [0.15, 0.2) is 0 Å². The maximum absolute atomic E-state index is 8.74. The van der Waals surface area contributed by atoms with Crippen molar-refractivity contribution in [3.63, 3.8) is 0 Å². The summed E-state index contributed by atoms with van der Waals surface area (Å²) in [5.41, 5.74) is 5.62. The molecular formula is C5H15NO4S. The quantitative estimate of drug-likeness (QED) is 0.472. The normalized spacial score (nSPS) is 11.8. The third-order valence-corrected chi connectivity index (χ3v) is 0.612. The maximum atomic E-state index is 8.74. The van der Waals surface area contributed by atoms with Crippen molar-refractivity contribution in [3.8, 4) is 0 Å². The zero-order valence-electron chi connectivity index (χ0n) is 6.90. The molecule has 0 saturated carbocycles. The van der Waals surface area contributed by atoms with Gasteiger partial charge in [-0.15, -0.1) is 0 Å². The Hall–Kier alpha value is -0.170. The predicted molar refractivity (Wildman–Crippen MR) is 42.7 cm³/mol. The number of hydrogen-bond acceptors (Lipinski definition) is 3. The van der Waals surface area contributed by atoms with Crippen LogP contribution < -0.4 is 5.73 Å². The Bertz CT molecular complexity index is 171. The van der Waals surface area contributed by atoms with Gasteiger partial charge in [0.2, 0.25) is 0 Å². The van der Waals surface area contributed by atoms with Crippen molar-refractivity contribution in [3.05, 3.63) is 0 Å². The highest BCUT2D eigenvalue weighted by molar-refractivity contribution is 7.79. The molecule has 0 aliphatic heterocycles. The molecule has 0 aromatic carbocycles. The Balaban J connectivity index is 0. The van der Waals surface area contributed by atoms with Gasteiger partial charge in [-0.3, -0.25) is 9.11 Å².